The Morgan fingerprint density at radius 3 is 2.12 bits per heavy atom. The second-order valence-corrected chi connectivity index (χ2v) is 3.87. The van der Waals surface area contributed by atoms with E-state index in [2.05, 4.69) is 6.42 Å². The van der Waals surface area contributed by atoms with E-state index in [-0.39, 0.29) is 6.42 Å². The largest absolute Gasteiger partial charge is 0.481 e. The van der Waals surface area contributed by atoms with Crippen LogP contribution in [0.25, 0.3) is 0 Å². The summed E-state index contributed by atoms with van der Waals surface area (Å²) < 4.78 is 0. The first-order valence-corrected chi connectivity index (χ1v) is 5.44. The number of hydrogen-bond donors (Lipinski definition) is 1. The highest BCUT2D eigenvalue weighted by atomic mass is 16.4. The molecule has 0 spiro atoms. The van der Waals surface area contributed by atoms with Crippen LogP contribution in [0.2, 0.25) is 0 Å². The van der Waals surface area contributed by atoms with E-state index in [1.807, 2.05) is 54.6 Å². The van der Waals surface area contributed by atoms with Crippen LogP contribution >= 0.6 is 0 Å². The minimum Gasteiger partial charge on any atom is -0.481 e. The smallest absolute Gasteiger partial charge is 0.307 e. The van der Waals surface area contributed by atoms with E-state index in [0.29, 0.717) is 0 Å². The van der Waals surface area contributed by atoms with Crippen molar-refractivity contribution in [1.29, 1.82) is 0 Å². The van der Waals surface area contributed by atoms with Gasteiger partial charge in [0.05, 0.1) is 6.42 Å². The second kappa shape index (κ2) is 5.30. The van der Waals surface area contributed by atoms with Crippen molar-refractivity contribution >= 4 is 5.97 Å². The Morgan fingerprint density at radius 1 is 0.941 bits per heavy atom. The molecule has 0 fully saturated rings. The Hall–Kier alpha value is -2.09. The molecule has 2 nitrogen and oxygen atoms in total. The number of hydrogen-bond acceptors (Lipinski definition) is 1. The zero-order valence-electron chi connectivity index (χ0n) is 9.34. The molecule has 0 atom stereocenters. The van der Waals surface area contributed by atoms with Gasteiger partial charge in [-0.3, -0.25) is 4.79 Å². The average Bonchev–Trinajstić information content (AvgIpc) is 2.32. The molecule has 0 unspecified atom stereocenters. The molecule has 0 saturated carbocycles. The van der Waals surface area contributed by atoms with Gasteiger partial charge in [0, 0.05) is 6.42 Å². The van der Waals surface area contributed by atoms with Gasteiger partial charge in [-0.05, 0) is 16.7 Å². The first kappa shape index (κ1) is 11.4. The van der Waals surface area contributed by atoms with Crippen molar-refractivity contribution in [2.75, 3.05) is 0 Å². The molecule has 2 heteroatoms. The summed E-state index contributed by atoms with van der Waals surface area (Å²) in [5.74, 6) is -0.801. The molecule has 85 valence electrons. The van der Waals surface area contributed by atoms with E-state index in [0.717, 1.165) is 16.7 Å². The van der Waals surface area contributed by atoms with Gasteiger partial charge in [0.25, 0.3) is 0 Å². The number of aliphatic carboxylic acids is 1. The molecule has 0 saturated heterocycles. The van der Waals surface area contributed by atoms with Gasteiger partial charge in [-0.1, -0.05) is 54.6 Å². The molecule has 0 aromatic heterocycles. The summed E-state index contributed by atoms with van der Waals surface area (Å²) in [5.41, 5.74) is 3.03. The molecule has 2 aromatic rings. The maximum Gasteiger partial charge on any atom is 0.307 e. The minimum atomic E-state index is -0.801. The van der Waals surface area contributed by atoms with Gasteiger partial charge in [-0.15, -0.1) is 0 Å². The SMILES string of the molecule is O=C(O)Cc1ccc([CH]c2ccccc2)cc1. The fourth-order valence-corrected chi connectivity index (χ4v) is 1.65. The van der Waals surface area contributed by atoms with Crippen molar-refractivity contribution in [3.8, 4) is 0 Å². The van der Waals surface area contributed by atoms with Crippen molar-refractivity contribution in [2.24, 2.45) is 0 Å². The van der Waals surface area contributed by atoms with Crippen molar-refractivity contribution in [3.05, 3.63) is 77.7 Å². The molecule has 1 N–H and O–H groups in total. The van der Waals surface area contributed by atoms with E-state index in [1.54, 1.807) is 0 Å². The summed E-state index contributed by atoms with van der Waals surface area (Å²) in [6.45, 7) is 0. The predicted octanol–water partition coefficient (Wildman–Crippen LogP) is 2.91. The fraction of sp³-hybridized carbons (Fsp3) is 0.0667. The Kier molecular flexibility index (Phi) is 3.55. The molecule has 0 aliphatic rings. The lowest BCUT2D eigenvalue weighted by atomic mass is 10.0. The zero-order valence-corrected chi connectivity index (χ0v) is 9.34. The van der Waals surface area contributed by atoms with Crippen LogP contribution in [0.15, 0.2) is 54.6 Å². The van der Waals surface area contributed by atoms with Crippen LogP contribution in [0.4, 0.5) is 0 Å². The van der Waals surface area contributed by atoms with Gasteiger partial charge < -0.3 is 5.11 Å². The topological polar surface area (TPSA) is 37.3 Å². The van der Waals surface area contributed by atoms with Crippen LogP contribution < -0.4 is 0 Å². The molecule has 17 heavy (non-hydrogen) atoms. The molecule has 0 heterocycles. The van der Waals surface area contributed by atoms with E-state index in [4.69, 9.17) is 5.11 Å². The highest BCUT2D eigenvalue weighted by molar-refractivity contribution is 5.70. The summed E-state index contributed by atoms with van der Waals surface area (Å²) in [6.07, 6.45) is 2.14. The lowest BCUT2D eigenvalue weighted by Crippen LogP contribution is -1.99. The summed E-state index contributed by atoms with van der Waals surface area (Å²) >= 11 is 0. The number of carboxylic acid groups (broad SMARTS) is 1. The van der Waals surface area contributed by atoms with E-state index >= 15 is 0 Å². The summed E-state index contributed by atoms with van der Waals surface area (Å²) in [6, 6.07) is 17.6. The highest BCUT2D eigenvalue weighted by Crippen LogP contribution is 2.12. The van der Waals surface area contributed by atoms with Crippen molar-refractivity contribution in [2.45, 2.75) is 6.42 Å². The van der Waals surface area contributed by atoms with Gasteiger partial charge in [0.2, 0.25) is 0 Å². The standard InChI is InChI=1S/C15H13O2/c16-15(17)11-14-8-6-13(7-9-14)10-12-4-2-1-3-5-12/h1-10H,11H2,(H,16,17). The monoisotopic (exact) mass is 225 g/mol. The number of rotatable bonds is 4. The number of carboxylic acids is 1. The maximum atomic E-state index is 10.5. The van der Waals surface area contributed by atoms with Gasteiger partial charge >= 0.3 is 5.97 Å². The molecule has 0 aliphatic carbocycles. The van der Waals surface area contributed by atoms with Crippen molar-refractivity contribution in [1.82, 2.24) is 0 Å². The van der Waals surface area contributed by atoms with Crippen LogP contribution in [-0.2, 0) is 11.2 Å². The van der Waals surface area contributed by atoms with Crippen LogP contribution in [0.5, 0.6) is 0 Å². The molecule has 0 amide bonds. The average molecular weight is 225 g/mol. The third-order valence-electron chi connectivity index (χ3n) is 2.47. The van der Waals surface area contributed by atoms with E-state index in [9.17, 15) is 4.79 Å². The lowest BCUT2D eigenvalue weighted by molar-refractivity contribution is -0.136. The van der Waals surface area contributed by atoms with Gasteiger partial charge in [0.15, 0.2) is 0 Å². The predicted molar refractivity (Wildman–Crippen MR) is 66.7 cm³/mol. The Labute approximate surface area is 101 Å². The van der Waals surface area contributed by atoms with Gasteiger partial charge in [0.1, 0.15) is 0 Å². The van der Waals surface area contributed by atoms with Crippen LogP contribution in [0.3, 0.4) is 0 Å². The Bertz CT molecular complexity index is 486. The summed E-state index contributed by atoms with van der Waals surface area (Å²) in [4.78, 5) is 10.5. The van der Waals surface area contributed by atoms with E-state index in [1.165, 1.54) is 0 Å². The molecular weight excluding hydrogens is 212 g/mol. The summed E-state index contributed by atoms with van der Waals surface area (Å²) in [5, 5.41) is 8.66. The van der Waals surface area contributed by atoms with Gasteiger partial charge in [-0.25, -0.2) is 0 Å². The third kappa shape index (κ3) is 3.45. The van der Waals surface area contributed by atoms with Crippen molar-refractivity contribution < 1.29 is 9.90 Å². The third-order valence-corrected chi connectivity index (χ3v) is 2.47. The Balaban J connectivity index is 2.06. The van der Waals surface area contributed by atoms with Crippen LogP contribution in [0, 0.1) is 6.42 Å². The number of carbonyl (C=O) groups is 1. The van der Waals surface area contributed by atoms with Crippen LogP contribution in [-0.4, -0.2) is 11.1 Å². The minimum absolute atomic E-state index is 0.0750. The molecule has 1 radical (unpaired) electrons. The van der Waals surface area contributed by atoms with Crippen molar-refractivity contribution in [3.63, 3.8) is 0 Å². The fourth-order valence-electron chi connectivity index (χ4n) is 1.65. The molecule has 2 aromatic carbocycles. The molecule has 0 bridgehead atoms. The second-order valence-electron chi connectivity index (χ2n) is 3.87. The quantitative estimate of drug-likeness (QED) is 0.868. The van der Waals surface area contributed by atoms with Gasteiger partial charge in [-0.2, -0.15) is 0 Å². The normalized spacial score (nSPS) is 10.1. The Morgan fingerprint density at radius 2 is 1.53 bits per heavy atom. The number of benzene rings is 2. The first-order chi connectivity index (χ1) is 8.24. The molecular formula is C15H13O2. The van der Waals surface area contributed by atoms with Crippen LogP contribution in [0.1, 0.15) is 16.7 Å². The molecule has 0 aliphatic heterocycles. The lowest BCUT2D eigenvalue weighted by Gasteiger charge is -2.02. The first-order valence-electron chi connectivity index (χ1n) is 5.44. The summed E-state index contributed by atoms with van der Waals surface area (Å²) in [7, 11) is 0. The highest BCUT2D eigenvalue weighted by Gasteiger charge is 2.01. The zero-order chi connectivity index (χ0) is 12.1. The molecule has 2 rings (SSSR count). The van der Waals surface area contributed by atoms with E-state index < -0.39 is 5.97 Å². The maximum absolute atomic E-state index is 10.5.